The van der Waals surface area contributed by atoms with Crippen molar-refractivity contribution in [2.45, 2.75) is 43.7 Å². The van der Waals surface area contributed by atoms with Crippen molar-refractivity contribution >= 4 is 28.8 Å². The molecule has 1 atom stereocenters. The molecular weight excluding hydrogens is 270 g/mol. The van der Waals surface area contributed by atoms with E-state index in [9.17, 15) is 4.79 Å². The molecule has 1 aliphatic heterocycles. The molecule has 2 fully saturated rings. The molecule has 1 saturated heterocycles. The fourth-order valence-electron chi connectivity index (χ4n) is 3.00. The number of carbonyl (C=O) groups is 1. The lowest BCUT2D eigenvalue weighted by Gasteiger charge is -2.21. The summed E-state index contributed by atoms with van der Waals surface area (Å²) in [6, 6.07) is 3.67. The van der Waals surface area contributed by atoms with Crippen molar-refractivity contribution < 1.29 is 9.53 Å². The van der Waals surface area contributed by atoms with E-state index in [0.29, 0.717) is 15.8 Å². The third-order valence-electron chi connectivity index (χ3n) is 3.86. The van der Waals surface area contributed by atoms with E-state index in [1.807, 2.05) is 0 Å². The van der Waals surface area contributed by atoms with E-state index in [4.69, 9.17) is 16.3 Å². The summed E-state index contributed by atoms with van der Waals surface area (Å²) in [5.41, 5.74) is 0.0606. The van der Waals surface area contributed by atoms with E-state index in [1.54, 1.807) is 12.1 Å². The molecular formula is C13H16ClNO2S. The predicted molar refractivity (Wildman–Crippen MR) is 72.4 cm³/mol. The van der Waals surface area contributed by atoms with Gasteiger partial charge in [0.2, 0.25) is 0 Å². The van der Waals surface area contributed by atoms with E-state index in [1.165, 1.54) is 24.2 Å². The van der Waals surface area contributed by atoms with E-state index < -0.39 is 0 Å². The molecule has 1 amide bonds. The van der Waals surface area contributed by atoms with Crippen LogP contribution in [0, 0.1) is 0 Å². The topological polar surface area (TPSA) is 38.3 Å². The number of thiophene rings is 1. The Morgan fingerprint density at radius 1 is 1.44 bits per heavy atom. The number of halogens is 1. The van der Waals surface area contributed by atoms with Gasteiger partial charge in [0.1, 0.15) is 0 Å². The van der Waals surface area contributed by atoms with E-state index in [0.717, 1.165) is 19.3 Å². The van der Waals surface area contributed by atoms with Crippen LogP contribution in [0.4, 0.5) is 0 Å². The summed E-state index contributed by atoms with van der Waals surface area (Å²) in [5.74, 6) is -0.0319. The molecule has 3 nitrogen and oxygen atoms in total. The summed E-state index contributed by atoms with van der Waals surface area (Å²) >= 11 is 7.15. The van der Waals surface area contributed by atoms with E-state index >= 15 is 0 Å². The molecule has 1 N–H and O–H groups in total. The Balaban J connectivity index is 1.59. The van der Waals surface area contributed by atoms with Gasteiger partial charge in [0, 0.05) is 0 Å². The summed E-state index contributed by atoms with van der Waals surface area (Å²) in [6.45, 7) is 0.644. The Bertz CT molecular complexity index is 454. The van der Waals surface area contributed by atoms with Crippen LogP contribution < -0.4 is 5.32 Å². The van der Waals surface area contributed by atoms with Crippen LogP contribution in [-0.4, -0.2) is 24.2 Å². The summed E-state index contributed by atoms with van der Waals surface area (Å²) in [6.07, 6.45) is 5.74. The van der Waals surface area contributed by atoms with Gasteiger partial charge in [-0.3, -0.25) is 4.79 Å². The summed E-state index contributed by atoms with van der Waals surface area (Å²) in [4.78, 5) is 12.7. The molecule has 1 saturated carbocycles. The van der Waals surface area contributed by atoms with Crippen molar-refractivity contribution in [3.8, 4) is 0 Å². The van der Waals surface area contributed by atoms with Gasteiger partial charge in [-0.25, -0.2) is 0 Å². The highest BCUT2D eigenvalue weighted by Gasteiger charge is 2.42. The zero-order valence-electron chi connectivity index (χ0n) is 10.1. The van der Waals surface area contributed by atoms with Crippen LogP contribution >= 0.6 is 22.9 Å². The Kier molecular flexibility index (Phi) is 3.34. The first kappa shape index (κ1) is 12.5. The molecule has 98 valence electrons. The molecule has 0 bridgehead atoms. The molecule has 0 unspecified atom stereocenters. The van der Waals surface area contributed by atoms with Gasteiger partial charge in [0.15, 0.2) is 0 Å². The van der Waals surface area contributed by atoms with Gasteiger partial charge >= 0.3 is 0 Å². The Labute approximate surface area is 115 Å². The molecule has 0 radical (unpaired) electrons. The number of hydrogen-bond donors (Lipinski definition) is 1. The molecule has 0 aromatic carbocycles. The van der Waals surface area contributed by atoms with Gasteiger partial charge in [-0.15, -0.1) is 11.3 Å². The maximum atomic E-state index is 12.0. The van der Waals surface area contributed by atoms with Crippen LogP contribution in [0.5, 0.6) is 0 Å². The smallest absolute Gasteiger partial charge is 0.261 e. The zero-order chi connectivity index (χ0) is 12.6. The molecule has 1 aromatic rings. The maximum absolute atomic E-state index is 12.0. The molecule has 1 aromatic heterocycles. The number of hydrogen-bond acceptors (Lipinski definition) is 3. The van der Waals surface area contributed by atoms with Crippen molar-refractivity contribution in [3.63, 3.8) is 0 Å². The van der Waals surface area contributed by atoms with Crippen molar-refractivity contribution in [2.24, 2.45) is 0 Å². The number of nitrogens with one attached hydrogen (secondary N) is 1. The highest BCUT2D eigenvalue weighted by Crippen LogP contribution is 2.40. The average Bonchev–Trinajstić information content (AvgIpc) is 3.03. The lowest BCUT2D eigenvalue weighted by Crippen LogP contribution is -2.35. The molecule has 1 spiro atoms. The van der Waals surface area contributed by atoms with Crippen LogP contribution in [0.3, 0.4) is 0 Å². The highest BCUT2D eigenvalue weighted by molar-refractivity contribution is 7.17. The first-order valence-corrected chi connectivity index (χ1v) is 7.57. The Hall–Kier alpha value is -0.580. The van der Waals surface area contributed by atoms with Gasteiger partial charge in [0.05, 0.1) is 27.5 Å². The second kappa shape index (κ2) is 4.83. The highest BCUT2D eigenvalue weighted by atomic mass is 35.5. The van der Waals surface area contributed by atoms with Crippen LogP contribution in [-0.2, 0) is 4.74 Å². The Morgan fingerprint density at radius 3 is 2.89 bits per heavy atom. The lowest BCUT2D eigenvalue weighted by molar-refractivity contribution is 0.00988. The summed E-state index contributed by atoms with van der Waals surface area (Å²) < 4.78 is 6.57. The second-order valence-electron chi connectivity index (χ2n) is 5.18. The van der Waals surface area contributed by atoms with Gasteiger partial charge in [0.25, 0.3) is 5.91 Å². The number of rotatable bonds is 2. The third-order valence-corrected chi connectivity index (χ3v) is 5.09. The largest absolute Gasteiger partial charge is 0.373 e. The molecule has 2 aliphatic rings. The summed E-state index contributed by atoms with van der Waals surface area (Å²) in [7, 11) is 0. The van der Waals surface area contributed by atoms with Gasteiger partial charge in [-0.05, 0) is 31.4 Å². The minimum atomic E-state index is -0.0319. The summed E-state index contributed by atoms with van der Waals surface area (Å²) in [5, 5.41) is 3.05. The van der Waals surface area contributed by atoms with Crippen molar-refractivity contribution in [1.82, 2.24) is 5.32 Å². The molecule has 18 heavy (non-hydrogen) atoms. The average molecular weight is 286 g/mol. The van der Waals surface area contributed by atoms with Gasteiger partial charge < -0.3 is 10.1 Å². The number of amides is 1. The first-order valence-electron chi connectivity index (χ1n) is 6.37. The van der Waals surface area contributed by atoms with Crippen LogP contribution in [0.25, 0.3) is 0 Å². The van der Waals surface area contributed by atoms with Crippen LogP contribution in [0.15, 0.2) is 12.1 Å². The third kappa shape index (κ3) is 2.42. The fraction of sp³-hybridized carbons (Fsp3) is 0.615. The second-order valence-corrected chi connectivity index (χ2v) is 6.89. The van der Waals surface area contributed by atoms with Crippen molar-refractivity contribution in [3.05, 3.63) is 21.3 Å². The van der Waals surface area contributed by atoms with Crippen LogP contribution in [0.1, 0.15) is 41.8 Å². The Morgan fingerprint density at radius 2 is 2.22 bits per heavy atom. The van der Waals surface area contributed by atoms with Gasteiger partial charge in [-0.2, -0.15) is 0 Å². The predicted octanol–water partition coefficient (Wildman–Crippen LogP) is 3.23. The van der Waals surface area contributed by atoms with Gasteiger partial charge in [-0.1, -0.05) is 24.4 Å². The maximum Gasteiger partial charge on any atom is 0.261 e. The fourth-order valence-corrected chi connectivity index (χ4v) is 3.94. The zero-order valence-corrected chi connectivity index (χ0v) is 11.6. The quantitative estimate of drug-likeness (QED) is 0.906. The monoisotopic (exact) mass is 285 g/mol. The minimum Gasteiger partial charge on any atom is -0.373 e. The molecule has 1 aliphatic carbocycles. The van der Waals surface area contributed by atoms with Crippen LogP contribution in [0.2, 0.25) is 4.34 Å². The molecule has 3 rings (SSSR count). The number of ether oxygens (including phenoxy) is 1. The standard InChI is InChI=1S/C13H16ClNO2S/c14-11-4-3-10(18-11)12(16)15-9-7-13(17-8-9)5-1-2-6-13/h3-4,9H,1-2,5-8H2,(H,15,16)/t9-/m0/s1. The molecule has 5 heteroatoms. The van der Waals surface area contributed by atoms with Crippen molar-refractivity contribution in [2.75, 3.05) is 6.61 Å². The number of carbonyl (C=O) groups excluding carboxylic acids is 1. The van der Waals surface area contributed by atoms with E-state index in [-0.39, 0.29) is 17.6 Å². The lowest BCUT2D eigenvalue weighted by atomic mass is 9.96. The SMILES string of the molecule is O=C(N[C@@H]1COC2(CCCC2)C1)c1ccc(Cl)s1. The first-order chi connectivity index (χ1) is 8.67. The van der Waals surface area contributed by atoms with Crippen molar-refractivity contribution in [1.29, 1.82) is 0 Å². The normalized spacial score (nSPS) is 25.7. The minimum absolute atomic E-state index is 0.0319. The molecule has 2 heterocycles. The van der Waals surface area contributed by atoms with E-state index in [2.05, 4.69) is 5.32 Å².